The number of hydrogen-bond acceptors (Lipinski definition) is 4. The molecule has 0 aromatic carbocycles. The van der Waals surface area contributed by atoms with Crippen molar-refractivity contribution in [3.05, 3.63) is 0 Å². The van der Waals surface area contributed by atoms with E-state index in [1.807, 2.05) is 6.07 Å². The van der Waals surface area contributed by atoms with E-state index >= 15 is 0 Å². The molecule has 0 saturated heterocycles. The molecule has 1 aliphatic rings. The summed E-state index contributed by atoms with van der Waals surface area (Å²) in [7, 11) is 1.52. The number of nitrogens with one attached hydrogen (secondary N) is 1. The third-order valence-electron chi connectivity index (χ3n) is 2.98. The molecular weight excluding hydrogens is 250 g/mol. The Morgan fingerprint density at radius 2 is 2.21 bits per heavy atom. The highest BCUT2D eigenvalue weighted by Crippen LogP contribution is 2.32. The number of carbonyl (C=O) groups excluding carboxylic acids is 1. The summed E-state index contributed by atoms with van der Waals surface area (Å²) < 4.78 is 4.89. The van der Waals surface area contributed by atoms with Crippen LogP contribution in [0.15, 0.2) is 0 Å². The third-order valence-corrected chi connectivity index (χ3v) is 2.98. The van der Waals surface area contributed by atoms with Gasteiger partial charge in [0.2, 0.25) is 0 Å². The van der Waals surface area contributed by atoms with Crippen LogP contribution in [0.4, 0.5) is 4.79 Å². The zero-order valence-corrected chi connectivity index (χ0v) is 11.0. The van der Waals surface area contributed by atoms with Crippen molar-refractivity contribution in [1.29, 1.82) is 5.26 Å². The number of ether oxygens (including phenoxy) is 1. The molecule has 0 aromatic rings. The van der Waals surface area contributed by atoms with Gasteiger partial charge in [-0.3, -0.25) is 0 Å². The summed E-state index contributed by atoms with van der Waals surface area (Å²) in [6.45, 7) is 0.948. The van der Waals surface area contributed by atoms with Gasteiger partial charge >= 0.3 is 12.0 Å². The van der Waals surface area contributed by atoms with Gasteiger partial charge in [0, 0.05) is 20.2 Å². The van der Waals surface area contributed by atoms with Gasteiger partial charge < -0.3 is 20.1 Å². The molecule has 0 aliphatic heterocycles. The monoisotopic (exact) mass is 269 g/mol. The minimum absolute atomic E-state index is 0.0293. The topological polar surface area (TPSA) is 103 Å². The van der Waals surface area contributed by atoms with Crippen molar-refractivity contribution in [2.45, 2.75) is 25.3 Å². The van der Waals surface area contributed by atoms with E-state index in [1.165, 1.54) is 12.0 Å². The minimum Gasteiger partial charge on any atom is -0.480 e. The maximum Gasteiger partial charge on any atom is 0.326 e. The summed E-state index contributed by atoms with van der Waals surface area (Å²) >= 11 is 0. The first kappa shape index (κ1) is 15.2. The molecule has 7 heteroatoms. The smallest absolute Gasteiger partial charge is 0.326 e. The van der Waals surface area contributed by atoms with Crippen LogP contribution < -0.4 is 5.32 Å². The fraction of sp³-hybridized carbons (Fsp3) is 0.750. The van der Waals surface area contributed by atoms with Gasteiger partial charge in [0.05, 0.1) is 19.1 Å². The average molecular weight is 269 g/mol. The summed E-state index contributed by atoms with van der Waals surface area (Å²) in [5.41, 5.74) is 0. The Bertz CT molecular complexity index is 362. The van der Waals surface area contributed by atoms with Crippen LogP contribution in [0.3, 0.4) is 0 Å². The van der Waals surface area contributed by atoms with E-state index in [4.69, 9.17) is 15.1 Å². The molecule has 1 saturated carbocycles. The molecule has 0 aromatic heterocycles. The quantitative estimate of drug-likeness (QED) is 0.664. The van der Waals surface area contributed by atoms with Gasteiger partial charge in [0.25, 0.3) is 0 Å². The number of carboxylic acids is 1. The number of methoxy groups -OCH3 is 1. The third kappa shape index (κ3) is 5.14. The Kier molecular flexibility index (Phi) is 6.09. The number of nitriles is 1. The predicted octanol–water partition coefficient (Wildman–Crippen LogP) is 0.421. The highest BCUT2D eigenvalue weighted by atomic mass is 16.5. The zero-order valence-electron chi connectivity index (χ0n) is 11.0. The lowest BCUT2D eigenvalue weighted by Gasteiger charge is -2.24. The van der Waals surface area contributed by atoms with Crippen molar-refractivity contribution in [3.8, 4) is 6.07 Å². The van der Waals surface area contributed by atoms with Crippen LogP contribution in [0.25, 0.3) is 0 Å². The van der Waals surface area contributed by atoms with Crippen molar-refractivity contribution in [1.82, 2.24) is 10.2 Å². The summed E-state index contributed by atoms with van der Waals surface area (Å²) in [4.78, 5) is 24.5. The lowest BCUT2D eigenvalue weighted by molar-refractivity contribution is -0.139. The number of nitrogens with zero attached hydrogens (tertiary/aromatic N) is 2. The molecule has 1 aliphatic carbocycles. The molecule has 0 heterocycles. The van der Waals surface area contributed by atoms with Crippen LogP contribution >= 0.6 is 0 Å². The predicted molar refractivity (Wildman–Crippen MR) is 66.4 cm³/mol. The van der Waals surface area contributed by atoms with Crippen LogP contribution in [0.2, 0.25) is 0 Å². The first-order valence-corrected chi connectivity index (χ1v) is 6.24. The molecule has 0 radical (unpaired) electrons. The van der Waals surface area contributed by atoms with Crippen molar-refractivity contribution in [2.24, 2.45) is 5.92 Å². The molecule has 0 spiro atoms. The standard InChI is InChI=1S/C12H19N3O4/c1-19-8-7-15(6-2-5-13)12(18)14-10(11(16)17)9-3-4-9/h9-10H,2-4,6-8H2,1H3,(H,14,18)(H,16,17). The number of urea groups is 1. The second-order valence-corrected chi connectivity index (χ2v) is 4.49. The van der Waals surface area contributed by atoms with E-state index < -0.39 is 18.0 Å². The van der Waals surface area contributed by atoms with E-state index in [0.717, 1.165) is 12.8 Å². The molecule has 7 nitrogen and oxygen atoms in total. The number of carboxylic acid groups (broad SMARTS) is 1. The Morgan fingerprint density at radius 1 is 1.53 bits per heavy atom. The molecular formula is C12H19N3O4. The Balaban J connectivity index is 2.53. The largest absolute Gasteiger partial charge is 0.480 e. The molecule has 1 unspecified atom stereocenters. The number of amides is 2. The molecule has 106 valence electrons. The van der Waals surface area contributed by atoms with Crippen molar-refractivity contribution < 1.29 is 19.4 Å². The van der Waals surface area contributed by atoms with E-state index in [9.17, 15) is 9.59 Å². The molecule has 2 amide bonds. The summed E-state index contributed by atoms with van der Waals surface area (Å²) in [6, 6.07) is 0.676. The molecule has 0 bridgehead atoms. The Hall–Kier alpha value is -1.81. The van der Waals surface area contributed by atoms with Crippen LogP contribution in [-0.4, -0.2) is 54.9 Å². The molecule has 1 fully saturated rings. The highest BCUT2D eigenvalue weighted by molar-refractivity contribution is 5.83. The number of carbonyl (C=O) groups is 2. The first-order chi connectivity index (χ1) is 9.10. The fourth-order valence-electron chi connectivity index (χ4n) is 1.74. The van der Waals surface area contributed by atoms with Gasteiger partial charge in [-0.05, 0) is 18.8 Å². The Labute approximate surface area is 112 Å². The van der Waals surface area contributed by atoms with E-state index in [-0.39, 0.29) is 18.9 Å². The normalized spacial score (nSPS) is 15.4. The van der Waals surface area contributed by atoms with Gasteiger partial charge in [0.15, 0.2) is 0 Å². The second-order valence-electron chi connectivity index (χ2n) is 4.49. The second kappa shape index (κ2) is 7.59. The summed E-state index contributed by atoms with van der Waals surface area (Å²) in [5.74, 6) is -0.982. The van der Waals surface area contributed by atoms with Crippen molar-refractivity contribution >= 4 is 12.0 Å². The lowest BCUT2D eigenvalue weighted by atomic mass is 10.2. The number of aliphatic carboxylic acids is 1. The summed E-state index contributed by atoms with van der Waals surface area (Å²) in [6.07, 6.45) is 1.86. The minimum atomic E-state index is -1.01. The first-order valence-electron chi connectivity index (χ1n) is 6.24. The molecule has 2 N–H and O–H groups in total. The van der Waals surface area contributed by atoms with Gasteiger partial charge in [0.1, 0.15) is 6.04 Å². The van der Waals surface area contributed by atoms with Crippen molar-refractivity contribution in [3.63, 3.8) is 0 Å². The number of rotatable bonds is 8. The molecule has 19 heavy (non-hydrogen) atoms. The van der Waals surface area contributed by atoms with Gasteiger partial charge in [-0.1, -0.05) is 0 Å². The van der Waals surface area contributed by atoms with Gasteiger partial charge in [-0.2, -0.15) is 5.26 Å². The average Bonchev–Trinajstić information content (AvgIpc) is 3.19. The highest BCUT2D eigenvalue weighted by Gasteiger charge is 2.37. The van der Waals surface area contributed by atoms with Crippen LogP contribution in [-0.2, 0) is 9.53 Å². The van der Waals surface area contributed by atoms with Gasteiger partial charge in [-0.15, -0.1) is 0 Å². The maximum absolute atomic E-state index is 12.0. The zero-order chi connectivity index (χ0) is 14.3. The van der Waals surface area contributed by atoms with E-state index in [2.05, 4.69) is 5.32 Å². The fourth-order valence-corrected chi connectivity index (χ4v) is 1.74. The Morgan fingerprint density at radius 3 is 2.68 bits per heavy atom. The van der Waals surface area contributed by atoms with Gasteiger partial charge in [-0.25, -0.2) is 9.59 Å². The SMILES string of the molecule is COCCN(CCC#N)C(=O)NC(C(=O)O)C1CC1. The van der Waals surface area contributed by atoms with Crippen LogP contribution in [0.1, 0.15) is 19.3 Å². The van der Waals surface area contributed by atoms with Crippen LogP contribution in [0, 0.1) is 17.2 Å². The molecule has 1 atom stereocenters. The van der Waals surface area contributed by atoms with E-state index in [0.29, 0.717) is 13.2 Å². The maximum atomic E-state index is 12.0. The lowest BCUT2D eigenvalue weighted by Crippen LogP contribution is -2.50. The molecule has 1 rings (SSSR count). The number of hydrogen-bond donors (Lipinski definition) is 2. The van der Waals surface area contributed by atoms with Crippen LogP contribution in [0.5, 0.6) is 0 Å². The summed E-state index contributed by atoms with van der Waals surface area (Å²) in [5, 5.41) is 20.1. The van der Waals surface area contributed by atoms with E-state index in [1.54, 1.807) is 0 Å². The van der Waals surface area contributed by atoms with Crippen molar-refractivity contribution in [2.75, 3.05) is 26.8 Å².